The van der Waals surface area contributed by atoms with E-state index in [0.717, 1.165) is 5.56 Å². The van der Waals surface area contributed by atoms with Crippen molar-refractivity contribution in [2.24, 2.45) is 5.16 Å². The second-order valence-electron chi connectivity index (χ2n) is 4.95. The van der Waals surface area contributed by atoms with Crippen molar-refractivity contribution in [2.45, 2.75) is 13.0 Å². The van der Waals surface area contributed by atoms with Crippen LogP contribution in [0.2, 0.25) is 5.02 Å². The molecule has 0 aliphatic heterocycles. The van der Waals surface area contributed by atoms with Crippen LogP contribution in [0, 0.1) is 0 Å². The highest BCUT2D eigenvalue weighted by Crippen LogP contribution is 2.28. The Kier molecular flexibility index (Phi) is 6.35. The van der Waals surface area contributed by atoms with Crippen molar-refractivity contribution in [3.05, 3.63) is 64.7 Å². The lowest BCUT2D eigenvalue weighted by molar-refractivity contribution is -0.152. The molecule has 0 aliphatic carbocycles. The lowest BCUT2D eigenvalue weighted by atomic mass is 10.1. The lowest BCUT2D eigenvalue weighted by Crippen LogP contribution is -2.16. The minimum Gasteiger partial charge on any atom is -0.467 e. The highest BCUT2D eigenvalue weighted by atomic mass is 35.5. The molecule has 0 aromatic heterocycles. The quantitative estimate of drug-likeness (QED) is 0.450. The Bertz CT molecular complexity index is 728. The molecule has 0 N–H and O–H groups in total. The van der Waals surface area contributed by atoms with E-state index in [4.69, 9.17) is 25.9 Å². The SMILES string of the molecule is COC(=O)C(OC)c1ccccc1O/N=C(/C)c1ccc(Cl)cc1. The molecule has 2 rings (SSSR count). The summed E-state index contributed by atoms with van der Waals surface area (Å²) in [5, 5.41) is 4.77. The summed E-state index contributed by atoms with van der Waals surface area (Å²) in [4.78, 5) is 17.4. The third-order valence-corrected chi connectivity index (χ3v) is 3.65. The molecular weight excluding hydrogens is 330 g/mol. The summed E-state index contributed by atoms with van der Waals surface area (Å²) in [6, 6.07) is 14.3. The number of carbonyl (C=O) groups excluding carboxylic acids is 1. The smallest absolute Gasteiger partial charge is 0.339 e. The topological polar surface area (TPSA) is 57.1 Å². The molecule has 0 amide bonds. The van der Waals surface area contributed by atoms with E-state index in [2.05, 4.69) is 5.16 Å². The van der Waals surface area contributed by atoms with Gasteiger partial charge in [-0.1, -0.05) is 47.1 Å². The van der Waals surface area contributed by atoms with Crippen molar-refractivity contribution in [3.8, 4) is 5.75 Å². The number of esters is 1. The van der Waals surface area contributed by atoms with Crippen LogP contribution >= 0.6 is 11.6 Å². The molecule has 1 atom stereocenters. The molecule has 0 saturated carbocycles. The van der Waals surface area contributed by atoms with Gasteiger partial charge in [0, 0.05) is 17.7 Å². The number of carbonyl (C=O) groups is 1. The van der Waals surface area contributed by atoms with E-state index >= 15 is 0 Å². The van der Waals surface area contributed by atoms with E-state index < -0.39 is 12.1 Å². The normalized spacial score (nSPS) is 12.6. The van der Waals surface area contributed by atoms with Crippen LogP contribution in [-0.4, -0.2) is 25.9 Å². The zero-order chi connectivity index (χ0) is 17.5. The highest BCUT2D eigenvalue weighted by molar-refractivity contribution is 6.30. The summed E-state index contributed by atoms with van der Waals surface area (Å²) in [6.45, 7) is 1.82. The van der Waals surface area contributed by atoms with Gasteiger partial charge in [0.05, 0.1) is 12.8 Å². The van der Waals surface area contributed by atoms with Gasteiger partial charge in [-0.2, -0.15) is 0 Å². The van der Waals surface area contributed by atoms with Crippen molar-refractivity contribution in [2.75, 3.05) is 14.2 Å². The second kappa shape index (κ2) is 8.47. The van der Waals surface area contributed by atoms with Crippen molar-refractivity contribution in [1.29, 1.82) is 0 Å². The van der Waals surface area contributed by atoms with Gasteiger partial charge in [0.1, 0.15) is 0 Å². The molecule has 5 nitrogen and oxygen atoms in total. The number of halogens is 1. The third kappa shape index (κ3) is 4.34. The lowest BCUT2D eigenvalue weighted by Gasteiger charge is -2.15. The van der Waals surface area contributed by atoms with E-state index in [1.54, 1.807) is 36.4 Å². The van der Waals surface area contributed by atoms with Gasteiger partial charge in [-0.15, -0.1) is 0 Å². The average Bonchev–Trinajstić information content (AvgIpc) is 2.61. The Labute approximate surface area is 145 Å². The second-order valence-corrected chi connectivity index (χ2v) is 5.39. The Morgan fingerprint density at radius 2 is 1.75 bits per heavy atom. The minimum absolute atomic E-state index is 0.420. The Balaban J connectivity index is 2.25. The van der Waals surface area contributed by atoms with Gasteiger partial charge in [-0.3, -0.25) is 0 Å². The molecule has 0 fully saturated rings. The monoisotopic (exact) mass is 347 g/mol. The van der Waals surface area contributed by atoms with Gasteiger partial charge in [0.15, 0.2) is 11.9 Å². The number of ether oxygens (including phenoxy) is 2. The number of rotatable bonds is 6. The van der Waals surface area contributed by atoms with E-state index in [-0.39, 0.29) is 0 Å². The summed E-state index contributed by atoms with van der Waals surface area (Å²) >= 11 is 5.88. The molecule has 24 heavy (non-hydrogen) atoms. The molecule has 0 aliphatic rings. The first-order chi connectivity index (χ1) is 11.6. The molecule has 2 aromatic rings. The van der Waals surface area contributed by atoms with Crippen LogP contribution < -0.4 is 4.84 Å². The maximum atomic E-state index is 11.8. The average molecular weight is 348 g/mol. The first-order valence-corrected chi connectivity index (χ1v) is 7.61. The summed E-state index contributed by atoms with van der Waals surface area (Å²) in [5.74, 6) is -0.0879. The minimum atomic E-state index is -0.878. The van der Waals surface area contributed by atoms with Gasteiger partial charge >= 0.3 is 5.97 Å². The van der Waals surface area contributed by atoms with Crippen LogP contribution in [0.1, 0.15) is 24.2 Å². The molecule has 0 spiro atoms. The van der Waals surface area contributed by atoms with Crippen molar-refractivity contribution in [1.82, 2.24) is 0 Å². The van der Waals surface area contributed by atoms with E-state index in [9.17, 15) is 4.79 Å². The third-order valence-electron chi connectivity index (χ3n) is 3.40. The summed E-state index contributed by atoms with van der Waals surface area (Å²) in [5.41, 5.74) is 2.10. The van der Waals surface area contributed by atoms with Crippen molar-refractivity contribution >= 4 is 23.3 Å². The largest absolute Gasteiger partial charge is 0.467 e. The van der Waals surface area contributed by atoms with Crippen molar-refractivity contribution < 1.29 is 19.1 Å². The number of para-hydroxylation sites is 1. The van der Waals surface area contributed by atoms with Gasteiger partial charge in [-0.25, -0.2) is 4.79 Å². The predicted molar refractivity (Wildman–Crippen MR) is 92.5 cm³/mol. The van der Waals surface area contributed by atoms with Crippen LogP contribution in [0.3, 0.4) is 0 Å². The maximum absolute atomic E-state index is 11.8. The molecule has 6 heteroatoms. The summed E-state index contributed by atoms with van der Waals surface area (Å²) in [7, 11) is 2.74. The van der Waals surface area contributed by atoms with Gasteiger partial charge in [-0.05, 0) is 30.7 Å². The van der Waals surface area contributed by atoms with Gasteiger partial charge in [0.25, 0.3) is 0 Å². The Hall–Kier alpha value is -2.37. The van der Waals surface area contributed by atoms with E-state index in [1.165, 1.54) is 14.2 Å². The van der Waals surface area contributed by atoms with Crippen LogP contribution in [0.15, 0.2) is 53.7 Å². The Morgan fingerprint density at radius 3 is 2.38 bits per heavy atom. The molecule has 0 radical (unpaired) electrons. The fourth-order valence-electron chi connectivity index (χ4n) is 2.10. The Morgan fingerprint density at radius 1 is 1.08 bits per heavy atom. The standard InChI is InChI=1S/C18H18ClNO4/c1-12(13-8-10-14(19)11-9-13)20-24-16-7-5-4-6-15(16)17(22-2)18(21)23-3/h4-11,17H,1-3H3/b20-12-. The molecule has 0 heterocycles. The number of methoxy groups -OCH3 is 2. The summed E-state index contributed by atoms with van der Waals surface area (Å²) < 4.78 is 9.97. The van der Waals surface area contributed by atoms with Gasteiger partial charge in [0.2, 0.25) is 0 Å². The fourth-order valence-corrected chi connectivity index (χ4v) is 2.22. The molecule has 0 saturated heterocycles. The molecular formula is C18H18ClNO4. The zero-order valence-corrected chi connectivity index (χ0v) is 14.4. The van der Waals surface area contributed by atoms with E-state index in [1.807, 2.05) is 19.1 Å². The van der Waals surface area contributed by atoms with Crippen LogP contribution in [0.5, 0.6) is 5.75 Å². The van der Waals surface area contributed by atoms with Crippen molar-refractivity contribution in [3.63, 3.8) is 0 Å². The summed E-state index contributed by atoms with van der Waals surface area (Å²) in [6.07, 6.45) is -0.878. The highest BCUT2D eigenvalue weighted by Gasteiger charge is 2.24. The maximum Gasteiger partial charge on any atom is 0.339 e. The molecule has 1 unspecified atom stereocenters. The number of hydrogen-bond acceptors (Lipinski definition) is 5. The van der Waals surface area contributed by atoms with Gasteiger partial charge < -0.3 is 14.3 Å². The molecule has 126 valence electrons. The molecule has 2 aromatic carbocycles. The zero-order valence-electron chi connectivity index (χ0n) is 13.7. The van der Waals surface area contributed by atoms with Crippen LogP contribution in [-0.2, 0) is 14.3 Å². The first kappa shape index (κ1) is 18.0. The fraction of sp³-hybridized carbons (Fsp3) is 0.222. The van der Waals surface area contributed by atoms with E-state index in [0.29, 0.717) is 22.0 Å². The number of nitrogens with zero attached hydrogens (tertiary/aromatic N) is 1. The number of hydrogen-bond donors (Lipinski definition) is 0. The molecule has 0 bridgehead atoms. The van der Waals surface area contributed by atoms with Crippen LogP contribution in [0.4, 0.5) is 0 Å². The van der Waals surface area contributed by atoms with Crippen LogP contribution in [0.25, 0.3) is 0 Å². The number of benzene rings is 2. The number of oxime groups is 1. The first-order valence-electron chi connectivity index (χ1n) is 7.24. The predicted octanol–water partition coefficient (Wildman–Crippen LogP) is 4.00.